The molecule has 1 N–H and O–H groups in total. The van der Waals surface area contributed by atoms with Gasteiger partial charge in [-0.3, -0.25) is 0 Å². The van der Waals surface area contributed by atoms with Crippen molar-refractivity contribution in [2.45, 2.75) is 53.6 Å². The highest BCUT2D eigenvalue weighted by atomic mass is 19.1. The number of carbonyl (C=O) groups excluding carboxylic acids is 1. The van der Waals surface area contributed by atoms with Crippen LogP contribution >= 0.6 is 0 Å². The van der Waals surface area contributed by atoms with Gasteiger partial charge in [0.2, 0.25) is 0 Å². The van der Waals surface area contributed by atoms with Crippen molar-refractivity contribution >= 4 is 17.5 Å². The number of aromatic nitrogens is 2. The first-order valence-corrected chi connectivity index (χ1v) is 13.3. The van der Waals surface area contributed by atoms with Crippen molar-refractivity contribution in [3.05, 3.63) is 71.2 Å². The van der Waals surface area contributed by atoms with Crippen LogP contribution in [0.4, 0.5) is 20.7 Å². The van der Waals surface area contributed by atoms with Crippen molar-refractivity contribution in [1.29, 1.82) is 0 Å². The molecule has 0 unspecified atom stereocenters. The molecule has 0 bridgehead atoms. The number of benzene rings is 2. The third-order valence-electron chi connectivity index (χ3n) is 7.31. The lowest BCUT2D eigenvalue weighted by atomic mass is 10.1. The zero-order valence-electron chi connectivity index (χ0n) is 22.7. The summed E-state index contributed by atoms with van der Waals surface area (Å²) in [5.74, 6) is 0.642. The largest absolute Gasteiger partial charge is 0.354 e. The molecule has 0 spiro atoms. The van der Waals surface area contributed by atoms with Crippen LogP contribution < -0.4 is 10.2 Å². The van der Waals surface area contributed by atoms with Gasteiger partial charge < -0.3 is 20.0 Å². The smallest absolute Gasteiger partial charge is 0.322 e. The van der Waals surface area contributed by atoms with Crippen LogP contribution in [0.2, 0.25) is 0 Å². The van der Waals surface area contributed by atoms with Crippen LogP contribution in [0.3, 0.4) is 0 Å². The van der Waals surface area contributed by atoms with Gasteiger partial charge in [-0.25, -0.2) is 13.9 Å². The van der Waals surface area contributed by atoms with E-state index >= 15 is 0 Å². The average Bonchev–Trinajstić information content (AvgIpc) is 3.22. The van der Waals surface area contributed by atoms with Gasteiger partial charge in [0.25, 0.3) is 0 Å². The predicted octanol–water partition coefficient (Wildman–Crippen LogP) is 5.60. The van der Waals surface area contributed by atoms with E-state index in [9.17, 15) is 9.18 Å². The van der Waals surface area contributed by atoms with Gasteiger partial charge in [-0.2, -0.15) is 5.10 Å². The van der Waals surface area contributed by atoms with Crippen molar-refractivity contribution in [3.63, 3.8) is 0 Å². The van der Waals surface area contributed by atoms with Gasteiger partial charge in [0, 0.05) is 43.5 Å². The fraction of sp³-hybridized carbons (Fsp3) is 0.448. The number of aryl methyl sites for hydroxylation is 2. The molecule has 37 heavy (non-hydrogen) atoms. The highest BCUT2D eigenvalue weighted by molar-refractivity contribution is 5.89. The van der Waals surface area contributed by atoms with Crippen LogP contribution in [0.25, 0.3) is 5.69 Å². The molecule has 2 aromatic carbocycles. The first kappa shape index (κ1) is 26.7. The molecule has 0 aliphatic carbocycles. The molecule has 1 aliphatic rings. The Morgan fingerprint density at radius 3 is 2.46 bits per heavy atom. The minimum absolute atomic E-state index is 0.0199. The average molecular weight is 507 g/mol. The van der Waals surface area contributed by atoms with Crippen LogP contribution in [0.1, 0.15) is 44.0 Å². The van der Waals surface area contributed by atoms with Crippen molar-refractivity contribution in [3.8, 4) is 5.69 Å². The number of anilines is 2. The number of nitrogens with zero attached hydrogens (tertiary/aromatic N) is 5. The molecule has 0 radical (unpaired) electrons. The summed E-state index contributed by atoms with van der Waals surface area (Å²) in [6.45, 7) is 15.4. The van der Waals surface area contributed by atoms with Crippen LogP contribution in [0.15, 0.2) is 48.5 Å². The minimum Gasteiger partial charge on any atom is -0.354 e. The van der Waals surface area contributed by atoms with Crippen LogP contribution in [-0.2, 0) is 6.54 Å². The lowest BCUT2D eigenvalue weighted by Gasteiger charge is -2.37. The number of likely N-dealkylation sites (N-methyl/N-ethyl adjacent to an activating group) is 1. The third kappa shape index (κ3) is 6.13. The van der Waals surface area contributed by atoms with Gasteiger partial charge in [0.15, 0.2) is 0 Å². The predicted molar refractivity (Wildman–Crippen MR) is 148 cm³/mol. The third-order valence-corrected chi connectivity index (χ3v) is 7.31. The number of hydrogen-bond acceptors (Lipinski definition) is 4. The maximum Gasteiger partial charge on any atom is 0.322 e. The highest BCUT2D eigenvalue weighted by Crippen LogP contribution is 2.31. The number of urea groups is 1. The van der Waals surface area contributed by atoms with E-state index < -0.39 is 0 Å². The number of rotatable bonds is 8. The van der Waals surface area contributed by atoms with E-state index in [1.54, 1.807) is 6.07 Å². The van der Waals surface area contributed by atoms with Crippen LogP contribution in [0.5, 0.6) is 0 Å². The zero-order chi connectivity index (χ0) is 26.5. The molecule has 1 atom stereocenters. The monoisotopic (exact) mass is 506 g/mol. The fourth-order valence-electron chi connectivity index (χ4n) is 4.86. The van der Waals surface area contributed by atoms with E-state index in [0.717, 1.165) is 67.5 Å². The maximum atomic E-state index is 14.2. The number of halogens is 1. The molecule has 0 saturated carbocycles. The first-order valence-electron chi connectivity index (χ1n) is 13.3. The highest BCUT2D eigenvalue weighted by Gasteiger charge is 2.29. The quantitative estimate of drug-likeness (QED) is 0.432. The Balaban J connectivity index is 1.72. The Labute approximate surface area is 219 Å². The Hall–Kier alpha value is -3.39. The van der Waals surface area contributed by atoms with Gasteiger partial charge >= 0.3 is 6.03 Å². The number of piperazine rings is 1. The molecule has 1 aliphatic heterocycles. The lowest BCUT2D eigenvalue weighted by Crippen LogP contribution is -2.47. The molecule has 1 fully saturated rings. The Kier molecular flexibility index (Phi) is 8.48. The van der Waals surface area contributed by atoms with Gasteiger partial charge in [0.1, 0.15) is 11.6 Å². The lowest BCUT2D eigenvalue weighted by molar-refractivity contribution is 0.187. The summed E-state index contributed by atoms with van der Waals surface area (Å²) in [6, 6.07) is 14.3. The summed E-state index contributed by atoms with van der Waals surface area (Å²) in [4.78, 5) is 20.2. The molecule has 198 valence electrons. The molecule has 3 aromatic rings. The standard InChI is InChI=1S/C29H39FN6O/c1-6-22(4)35(29(37)31-25-12-8-10-21(3)18-25)20-27-23(5)32-36(26-13-9-11-24(30)19-26)28(27)34-16-14-33(7-2)15-17-34/h8-13,18-19,22H,6-7,14-17,20H2,1-5H3,(H,31,37)/t22-/m0/s1. The summed E-state index contributed by atoms with van der Waals surface area (Å²) in [6.07, 6.45) is 0.822. The van der Waals surface area contributed by atoms with Crippen LogP contribution in [0, 0.1) is 19.7 Å². The van der Waals surface area contributed by atoms with E-state index in [0.29, 0.717) is 12.2 Å². The van der Waals surface area contributed by atoms with Crippen molar-refractivity contribution < 1.29 is 9.18 Å². The molecular formula is C29H39FN6O. The number of amides is 2. The number of carbonyl (C=O) groups is 1. The molecule has 4 rings (SSSR count). The summed E-state index contributed by atoms with van der Waals surface area (Å²) in [7, 11) is 0. The van der Waals surface area contributed by atoms with Gasteiger partial charge in [0.05, 0.1) is 17.9 Å². The van der Waals surface area contributed by atoms with Gasteiger partial charge in [-0.15, -0.1) is 0 Å². The Bertz CT molecular complexity index is 1220. The number of hydrogen-bond donors (Lipinski definition) is 1. The molecular weight excluding hydrogens is 467 g/mol. The molecule has 1 aromatic heterocycles. The maximum absolute atomic E-state index is 14.2. The Morgan fingerprint density at radius 2 is 1.81 bits per heavy atom. The fourth-order valence-corrected chi connectivity index (χ4v) is 4.86. The second-order valence-electron chi connectivity index (χ2n) is 9.89. The van der Waals surface area contributed by atoms with Gasteiger partial charge in [-0.1, -0.05) is 32.0 Å². The van der Waals surface area contributed by atoms with Gasteiger partial charge in [-0.05, 0) is 69.6 Å². The second kappa shape index (κ2) is 11.8. The van der Waals surface area contributed by atoms with E-state index in [1.165, 1.54) is 12.1 Å². The summed E-state index contributed by atoms with van der Waals surface area (Å²) >= 11 is 0. The number of nitrogens with one attached hydrogen (secondary N) is 1. The van der Waals surface area contributed by atoms with E-state index in [2.05, 4.69) is 35.9 Å². The first-order chi connectivity index (χ1) is 17.8. The van der Waals surface area contributed by atoms with Crippen molar-refractivity contribution in [2.75, 3.05) is 42.9 Å². The molecule has 2 amide bonds. The normalized spacial score (nSPS) is 15.0. The van der Waals surface area contributed by atoms with E-state index in [-0.39, 0.29) is 17.9 Å². The van der Waals surface area contributed by atoms with E-state index in [4.69, 9.17) is 5.10 Å². The zero-order valence-corrected chi connectivity index (χ0v) is 22.7. The summed E-state index contributed by atoms with van der Waals surface area (Å²) in [5, 5.41) is 7.95. The molecule has 8 heteroatoms. The molecule has 7 nitrogen and oxygen atoms in total. The van der Waals surface area contributed by atoms with E-state index in [1.807, 2.05) is 53.8 Å². The van der Waals surface area contributed by atoms with Crippen molar-refractivity contribution in [2.24, 2.45) is 0 Å². The summed E-state index contributed by atoms with van der Waals surface area (Å²) < 4.78 is 16.1. The SMILES string of the molecule is CC[C@H](C)N(Cc1c(C)nn(-c2cccc(F)c2)c1N1CCN(CC)CC1)C(=O)Nc1cccc(C)c1. The second-order valence-corrected chi connectivity index (χ2v) is 9.89. The molecule has 2 heterocycles. The van der Waals surface area contributed by atoms with Crippen molar-refractivity contribution in [1.82, 2.24) is 19.6 Å². The topological polar surface area (TPSA) is 56.6 Å². The molecule has 1 saturated heterocycles. The Morgan fingerprint density at radius 1 is 1.08 bits per heavy atom. The summed E-state index contributed by atoms with van der Waals surface area (Å²) in [5.41, 5.74) is 4.39. The van der Waals surface area contributed by atoms with Crippen LogP contribution in [-0.4, -0.2) is 64.4 Å². The minimum atomic E-state index is -0.298.